The first-order valence-corrected chi connectivity index (χ1v) is 11.5. The first kappa shape index (κ1) is 21.5. The second-order valence-electron chi connectivity index (χ2n) is 7.65. The third-order valence-corrected chi connectivity index (χ3v) is 6.67. The largest absolute Gasteiger partial charge is 0.496 e. The molecule has 0 aliphatic rings. The lowest BCUT2D eigenvalue weighted by Gasteiger charge is -2.22. The van der Waals surface area contributed by atoms with E-state index in [0.29, 0.717) is 33.6 Å². The Hall–Kier alpha value is -4.34. The van der Waals surface area contributed by atoms with Crippen LogP contribution in [0.2, 0.25) is 0 Å². The van der Waals surface area contributed by atoms with Gasteiger partial charge in [-0.15, -0.1) is 17.8 Å². The van der Waals surface area contributed by atoms with Crippen molar-refractivity contribution >= 4 is 38.5 Å². The van der Waals surface area contributed by atoms with Crippen molar-refractivity contribution in [3.05, 3.63) is 100 Å². The van der Waals surface area contributed by atoms with Crippen LogP contribution < -0.4 is 15.2 Å². The van der Waals surface area contributed by atoms with Crippen LogP contribution in [-0.2, 0) is 0 Å². The van der Waals surface area contributed by atoms with Crippen LogP contribution in [0.5, 0.6) is 5.75 Å². The number of thiophene rings is 1. The van der Waals surface area contributed by atoms with Crippen LogP contribution in [0.4, 0.5) is 5.69 Å². The molecule has 6 heteroatoms. The summed E-state index contributed by atoms with van der Waals surface area (Å²) in [6.07, 6.45) is 7.36. The molecule has 0 saturated heterocycles. The third-order valence-electron chi connectivity index (χ3n) is 5.74. The Kier molecular flexibility index (Phi) is 5.62. The minimum absolute atomic E-state index is 0.0958. The molecule has 5 nitrogen and oxygen atoms in total. The van der Waals surface area contributed by atoms with E-state index in [1.165, 1.54) is 11.3 Å². The number of para-hydroxylation sites is 2. The zero-order valence-corrected chi connectivity index (χ0v) is 19.2. The number of hydrogen-bond donors (Lipinski definition) is 0. The standard InChI is InChI=1S/C28H20N2O3S/c1-3-15-29(20-9-5-4-6-10-20)28(32)23-18-22(21-11-7-8-12-24(21)33-2)27(31)30-16-13-19-14-17-34-26(19)25(23)30/h1,4-14,16-18H,15H2,2H3. The van der Waals surface area contributed by atoms with Crippen LogP contribution in [0.3, 0.4) is 0 Å². The topological polar surface area (TPSA) is 51.0 Å². The summed E-state index contributed by atoms with van der Waals surface area (Å²) in [5.41, 5.74) is 2.42. The number of carbonyl (C=O) groups is 1. The number of carbonyl (C=O) groups excluding carboxylic acids is 1. The van der Waals surface area contributed by atoms with Crippen LogP contribution in [0.1, 0.15) is 10.4 Å². The van der Waals surface area contributed by atoms with Gasteiger partial charge in [0, 0.05) is 17.4 Å². The number of amides is 1. The fourth-order valence-corrected chi connectivity index (χ4v) is 5.10. The molecule has 0 aliphatic heterocycles. The van der Waals surface area contributed by atoms with Crippen molar-refractivity contribution in [3.8, 4) is 29.2 Å². The Bertz CT molecular complexity index is 1630. The third kappa shape index (κ3) is 3.53. The zero-order chi connectivity index (χ0) is 23.7. The summed E-state index contributed by atoms with van der Waals surface area (Å²) in [6, 6.07) is 22.1. The van der Waals surface area contributed by atoms with E-state index >= 15 is 0 Å². The highest BCUT2D eigenvalue weighted by Crippen LogP contribution is 2.33. The van der Waals surface area contributed by atoms with Gasteiger partial charge >= 0.3 is 0 Å². The predicted molar refractivity (Wildman–Crippen MR) is 138 cm³/mol. The molecule has 0 atom stereocenters. The lowest BCUT2D eigenvalue weighted by atomic mass is 10.0. The zero-order valence-electron chi connectivity index (χ0n) is 18.4. The number of pyridine rings is 2. The van der Waals surface area contributed by atoms with Crippen LogP contribution in [0.25, 0.3) is 26.7 Å². The first-order valence-electron chi connectivity index (χ1n) is 10.6. The number of hydrogen-bond acceptors (Lipinski definition) is 4. The number of anilines is 1. The fraction of sp³-hybridized carbons (Fsp3) is 0.0714. The highest BCUT2D eigenvalue weighted by Gasteiger charge is 2.24. The lowest BCUT2D eigenvalue weighted by molar-refractivity contribution is 0.0991. The summed E-state index contributed by atoms with van der Waals surface area (Å²) >= 11 is 1.49. The van der Waals surface area contributed by atoms with E-state index in [2.05, 4.69) is 5.92 Å². The van der Waals surface area contributed by atoms with E-state index in [1.807, 2.05) is 66.0 Å². The Balaban J connectivity index is 1.85. The molecule has 2 aromatic carbocycles. The number of ether oxygens (including phenoxy) is 1. The number of benzene rings is 2. The predicted octanol–water partition coefficient (Wildman–Crippen LogP) is 5.47. The van der Waals surface area contributed by atoms with Gasteiger partial charge in [0.2, 0.25) is 0 Å². The lowest BCUT2D eigenvalue weighted by Crippen LogP contribution is -2.32. The number of methoxy groups -OCH3 is 1. The summed E-state index contributed by atoms with van der Waals surface area (Å²) in [5, 5.41) is 2.92. The van der Waals surface area contributed by atoms with Crippen LogP contribution >= 0.6 is 11.3 Å². The summed E-state index contributed by atoms with van der Waals surface area (Å²) in [7, 11) is 1.56. The molecule has 0 aliphatic carbocycles. The molecule has 0 fully saturated rings. The van der Waals surface area contributed by atoms with Crippen molar-refractivity contribution in [1.29, 1.82) is 0 Å². The highest BCUT2D eigenvalue weighted by atomic mass is 32.1. The maximum atomic E-state index is 14.1. The molecule has 1 amide bonds. The van der Waals surface area contributed by atoms with Crippen molar-refractivity contribution in [3.63, 3.8) is 0 Å². The molecule has 0 N–H and O–H groups in total. The molecule has 3 aromatic heterocycles. The molecular weight excluding hydrogens is 444 g/mol. The van der Waals surface area contributed by atoms with Gasteiger partial charge in [0.25, 0.3) is 11.5 Å². The number of nitrogens with zero attached hydrogens (tertiary/aromatic N) is 2. The number of aromatic nitrogens is 1. The molecule has 5 rings (SSSR count). The molecule has 0 spiro atoms. The van der Waals surface area contributed by atoms with Gasteiger partial charge in [0.1, 0.15) is 5.75 Å². The quantitative estimate of drug-likeness (QED) is 0.324. The number of fused-ring (bicyclic) bond motifs is 3. The van der Waals surface area contributed by atoms with Gasteiger partial charge in [-0.25, -0.2) is 0 Å². The summed E-state index contributed by atoms with van der Waals surface area (Å²) in [4.78, 5) is 29.3. The van der Waals surface area contributed by atoms with Crippen molar-refractivity contribution in [2.45, 2.75) is 0 Å². The number of rotatable bonds is 5. The van der Waals surface area contributed by atoms with Crippen molar-refractivity contribution in [2.75, 3.05) is 18.6 Å². The van der Waals surface area contributed by atoms with Gasteiger partial charge in [0.05, 0.1) is 35.0 Å². The molecule has 0 saturated carbocycles. The molecule has 0 bridgehead atoms. The van der Waals surface area contributed by atoms with E-state index in [9.17, 15) is 9.59 Å². The monoisotopic (exact) mass is 464 g/mol. The normalized spacial score (nSPS) is 10.8. The van der Waals surface area contributed by atoms with E-state index in [-0.39, 0.29) is 18.0 Å². The fourth-order valence-electron chi connectivity index (χ4n) is 4.16. The van der Waals surface area contributed by atoms with Crippen LogP contribution in [-0.4, -0.2) is 24.0 Å². The minimum Gasteiger partial charge on any atom is -0.496 e. The Morgan fingerprint density at radius 3 is 2.59 bits per heavy atom. The Morgan fingerprint density at radius 2 is 1.82 bits per heavy atom. The Labute approximate surface area is 200 Å². The van der Waals surface area contributed by atoms with Gasteiger partial charge in [-0.05, 0) is 47.2 Å². The number of terminal acetylenes is 1. The summed E-state index contributed by atoms with van der Waals surface area (Å²) in [6.45, 7) is 0.0958. The van der Waals surface area contributed by atoms with Crippen LogP contribution in [0, 0.1) is 12.3 Å². The molecule has 34 heavy (non-hydrogen) atoms. The second kappa shape index (κ2) is 8.89. The minimum atomic E-state index is -0.279. The summed E-state index contributed by atoms with van der Waals surface area (Å²) < 4.78 is 7.92. The second-order valence-corrected chi connectivity index (χ2v) is 8.56. The average Bonchev–Trinajstić information content (AvgIpc) is 3.37. The molecule has 0 radical (unpaired) electrons. The van der Waals surface area contributed by atoms with E-state index in [1.54, 1.807) is 34.7 Å². The molecule has 166 valence electrons. The maximum absolute atomic E-state index is 14.1. The van der Waals surface area contributed by atoms with Gasteiger partial charge < -0.3 is 4.74 Å². The summed E-state index contributed by atoms with van der Waals surface area (Å²) in [5.74, 6) is 2.87. The first-order chi connectivity index (χ1) is 16.6. The van der Waals surface area contributed by atoms with E-state index in [4.69, 9.17) is 11.2 Å². The van der Waals surface area contributed by atoms with Gasteiger partial charge in [0.15, 0.2) is 0 Å². The maximum Gasteiger partial charge on any atom is 0.263 e. The smallest absolute Gasteiger partial charge is 0.263 e. The van der Waals surface area contributed by atoms with Gasteiger partial charge in [-0.1, -0.05) is 42.3 Å². The van der Waals surface area contributed by atoms with E-state index in [0.717, 1.165) is 10.1 Å². The van der Waals surface area contributed by atoms with Gasteiger partial charge in [-0.2, -0.15) is 0 Å². The molecular formula is C28H20N2O3S. The SMILES string of the molecule is C#CCN(C(=O)c1cc(-c2ccccc2OC)c(=O)n2ccc3ccsc3c12)c1ccccc1. The van der Waals surface area contributed by atoms with Gasteiger partial charge in [-0.3, -0.25) is 18.9 Å². The highest BCUT2D eigenvalue weighted by molar-refractivity contribution is 7.18. The van der Waals surface area contributed by atoms with Crippen LogP contribution in [0.15, 0.2) is 89.2 Å². The molecule has 3 heterocycles. The molecule has 0 unspecified atom stereocenters. The van der Waals surface area contributed by atoms with Crippen molar-refractivity contribution in [1.82, 2.24) is 4.40 Å². The van der Waals surface area contributed by atoms with Crippen molar-refractivity contribution in [2.24, 2.45) is 0 Å². The van der Waals surface area contributed by atoms with Crippen molar-refractivity contribution < 1.29 is 9.53 Å². The molecule has 5 aromatic rings. The average molecular weight is 465 g/mol. The Morgan fingerprint density at radius 1 is 1.06 bits per heavy atom. The van der Waals surface area contributed by atoms with E-state index < -0.39 is 0 Å².